The number of hydrogen-bond acceptors (Lipinski definition) is 3. The van der Waals surface area contributed by atoms with Crippen molar-refractivity contribution in [2.75, 3.05) is 11.5 Å². The minimum Gasteiger partial charge on any atom is -0.272 e. The molecule has 1 amide bonds. The van der Waals surface area contributed by atoms with Crippen molar-refractivity contribution in [2.45, 2.75) is 6.42 Å². The van der Waals surface area contributed by atoms with Crippen LogP contribution in [0, 0.1) is 0 Å². The summed E-state index contributed by atoms with van der Waals surface area (Å²) in [5, 5.41) is 3.94. The number of hydrogen-bond donors (Lipinski definition) is 1. The number of hydrazone groups is 1. The van der Waals surface area contributed by atoms with E-state index in [2.05, 4.69) is 22.7 Å². The van der Waals surface area contributed by atoms with Gasteiger partial charge in [0.05, 0.1) is 12.0 Å². The fourth-order valence-electron chi connectivity index (χ4n) is 1.75. The molecule has 2 aromatic carbocycles. The molecule has 0 atom stereocenters. The van der Waals surface area contributed by atoms with Gasteiger partial charge < -0.3 is 0 Å². The number of thioether (sulfide) groups is 1. The van der Waals surface area contributed by atoms with Crippen molar-refractivity contribution in [1.82, 2.24) is 5.43 Å². The van der Waals surface area contributed by atoms with Gasteiger partial charge in [0.15, 0.2) is 0 Å². The summed E-state index contributed by atoms with van der Waals surface area (Å²) < 4.78 is 0. The third kappa shape index (κ3) is 6.27. The average molecular weight is 298 g/mol. The molecule has 4 heteroatoms. The van der Waals surface area contributed by atoms with Crippen LogP contribution in [0.5, 0.6) is 0 Å². The van der Waals surface area contributed by atoms with E-state index in [1.54, 1.807) is 18.0 Å². The summed E-state index contributed by atoms with van der Waals surface area (Å²) in [4.78, 5) is 11.6. The molecule has 2 rings (SSSR count). The van der Waals surface area contributed by atoms with Crippen LogP contribution in [0.2, 0.25) is 0 Å². The highest BCUT2D eigenvalue weighted by Crippen LogP contribution is 2.06. The lowest BCUT2D eigenvalue weighted by Gasteiger charge is -2.01. The lowest BCUT2D eigenvalue weighted by Crippen LogP contribution is -2.20. The first-order valence-electron chi connectivity index (χ1n) is 6.83. The van der Waals surface area contributed by atoms with Crippen molar-refractivity contribution in [2.24, 2.45) is 5.10 Å². The Labute approximate surface area is 129 Å². The molecule has 0 aromatic heterocycles. The average Bonchev–Trinajstić information content (AvgIpc) is 2.54. The minimum atomic E-state index is -0.0692. The first-order valence-corrected chi connectivity index (χ1v) is 7.99. The maximum absolute atomic E-state index is 11.6. The van der Waals surface area contributed by atoms with Gasteiger partial charge in [0.25, 0.3) is 0 Å². The fourth-order valence-corrected chi connectivity index (χ4v) is 2.52. The predicted molar refractivity (Wildman–Crippen MR) is 89.6 cm³/mol. The third-order valence-corrected chi connectivity index (χ3v) is 3.77. The van der Waals surface area contributed by atoms with Crippen LogP contribution in [0.4, 0.5) is 0 Å². The van der Waals surface area contributed by atoms with Crippen molar-refractivity contribution in [3.63, 3.8) is 0 Å². The van der Waals surface area contributed by atoms with Gasteiger partial charge in [-0.1, -0.05) is 60.7 Å². The van der Waals surface area contributed by atoms with E-state index in [1.165, 1.54) is 5.56 Å². The number of carbonyl (C=O) groups excluding carboxylic acids is 1. The number of nitrogens with zero attached hydrogens (tertiary/aromatic N) is 1. The monoisotopic (exact) mass is 298 g/mol. The van der Waals surface area contributed by atoms with Gasteiger partial charge in [-0.3, -0.25) is 4.79 Å². The summed E-state index contributed by atoms with van der Waals surface area (Å²) in [6.45, 7) is 0. The largest absolute Gasteiger partial charge is 0.272 e. The number of rotatable bonds is 7. The molecule has 0 spiro atoms. The molecule has 0 aliphatic rings. The molecule has 2 aromatic rings. The predicted octanol–water partition coefficient (Wildman–Crippen LogP) is 3.11. The maximum atomic E-state index is 11.6. The molecule has 0 heterocycles. The van der Waals surface area contributed by atoms with E-state index in [1.807, 2.05) is 48.5 Å². The molecule has 0 aliphatic heterocycles. The number of benzene rings is 2. The number of carbonyl (C=O) groups is 1. The van der Waals surface area contributed by atoms with Crippen LogP contribution in [-0.4, -0.2) is 23.6 Å². The summed E-state index contributed by atoms with van der Waals surface area (Å²) >= 11 is 1.62. The topological polar surface area (TPSA) is 41.5 Å². The van der Waals surface area contributed by atoms with Crippen LogP contribution in [0.3, 0.4) is 0 Å². The molecule has 108 valence electrons. The summed E-state index contributed by atoms with van der Waals surface area (Å²) in [6.07, 6.45) is 2.62. The molecule has 0 saturated carbocycles. The second kappa shape index (κ2) is 8.97. The van der Waals surface area contributed by atoms with Crippen molar-refractivity contribution in [3.8, 4) is 0 Å². The highest BCUT2D eigenvalue weighted by molar-refractivity contribution is 7.99. The molecule has 0 unspecified atom stereocenters. The Morgan fingerprint density at radius 2 is 1.71 bits per heavy atom. The lowest BCUT2D eigenvalue weighted by molar-refractivity contribution is -0.118. The van der Waals surface area contributed by atoms with Crippen LogP contribution in [0.1, 0.15) is 11.1 Å². The van der Waals surface area contributed by atoms with Gasteiger partial charge >= 0.3 is 0 Å². The van der Waals surface area contributed by atoms with Crippen molar-refractivity contribution in [3.05, 3.63) is 71.8 Å². The third-order valence-electron chi connectivity index (χ3n) is 2.81. The first kappa shape index (κ1) is 15.3. The zero-order valence-corrected chi connectivity index (χ0v) is 12.6. The fraction of sp³-hybridized carbons (Fsp3) is 0.176. The van der Waals surface area contributed by atoms with Crippen LogP contribution in [0.25, 0.3) is 0 Å². The van der Waals surface area contributed by atoms with E-state index < -0.39 is 0 Å². The lowest BCUT2D eigenvalue weighted by atomic mass is 10.2. The van der Waals surface area contributed by atoms with Crippen molar-refractivity contribution < 1.29 is 4.79 Å². The van der Waals surface area contributed by atoms with Gasteiger partial charge in [-0.2, -0.15) is 16.9 Å². The van der Waals surface area contributed by atoms with Gasteiger partial charge in [-0.15, -0.1) is 0 Å². The van der Waals surface area contributed by atoms with E-state index in [-0.39, 0.29) is 5.91 Å². The Hall–Kier alpha value is -2.07. The van der Waals surface area contributed by atoms with Gasteiger partial charge in [0.2, 0.25) is 5.91 Å². The van der Waals surface area contributed by atoms with E-state index in [4.69, 9.17) is 0 Å². The molecule has 1 N–H and O–H groups in total. The van der Waals surface area contributed by atoms with Crippen LogP contribution in [-0.2, 0) is 11.2 Å². The molecule has 0 fully saturated rings. The van der Waals surface area contributed by atoms with Crippen molar-refractivity contribution >= 4 is 23.9 Å². The van der Waals surface area contributed by atoms with Crippen molar-refractivity contribution in [1.29, 1.82) is 0 Å². The van der Waals surface area contributed by atoms with Crippen LogP contribution >= 0.6 is 11.8 Å². The maximum Gasteiger partial charge on any atom is 0.250 e. The van der Waals surface area contributed by atoms with Crippen LogP contribution < -0.4 is 5.43 Å². The Bertz CT molecular complexity index is 570. The number of nitrogens with one attached hydrogen (secondary N) is 1. The van der Waals surface area contributed by atoms with Gasteiger partial charge in [0, 0.05) is 0 Å². The zero-order valence-electron chi connectivity index (χ0n) is 11.7. The summed E-state index contributed by atoms with van der Waals surface area (Å²) in [7, 11) is 0. The molecule has 0 bridgehead atoms. The SMILES string of the molecule is O=C(CSCCc1ccccc1)N/N=C\c1ccccc1. The molecular weight excluding hydrogens is 280 g/mol. The van der Waals surface area contributed by atoms with E-state index in [9.17, 15) is 4.79 Å². The number of aryl methyl sites for hydroxylation is 1. The van der Waals surface area contributed by atoms with E-state index >= 15 is 0 Å². The summed E-state index contributed by atoms with van der Waals surface area (Å²) in [6, 6.07) is 20.0. The number of amides is 1. The van der Waals surface area contributed by atoms with Gasteiger partial charge in [0.1, 0.15) is 0 Å². The molecule has 3 nitrogen and oxygen atoms in total. The Morgan fingerprint density at radius 3 is 2.43 bits per heavy atom. The second-order valence-corrected chi connectivity index (χ2v) is 5.60. The molecule has 0 aliphatic carbocycles. The Morgan fingerprint density at radius 1 is 1.05 bits per heavy atom. The van der Waals surface area contributed by atoms with E-state index in [0.717, 1.165) is 17.7 Å². The smallest absolute Gasteiger partial charge is 0.250 e. The summed E-state index contributed by atoms with van der Waals surface area (Å²) in [5.74, 6) is 1.29. The molecule has 0 radical (unpaired) electrons. The van der Waals surface area contributed by atoms with Gasteiger partial charge in [-0.25, -0.2) is 5.43 Å². The van der Waals surface area contributed by atoms with E-state index in [0.29, 0.717) is 5.75 Å². The quantitative estimate of drug-likeness (QED) is 0.485. The highest BCUT2D eigenvalue weighted by Gasteiger charge is 1.99. The minimum absolute atomic E-state index is 0.0692. The summed E-state index contributed by atoms with van der Waals surface area (Å²) in [5.41, 5.74) is 4.81. The van der Waals surface area contributed by atoms with Gasteiger partial charge in [-0.05, 0) is 23.3 Å². The second-order valence-electron chi connectivity index (χ2n) is 4.49. The van der Waals surface area contributed by atoms with Crippen LogP contribution in [0.15, 0.2) is 65.8 Å². The first-order chi connectivity index (χ1) is 10.3. The standard InChI is InChI=1S/C17H18N2OS/c20-17(19-18-13-16-9-5-2-6-10-16)14-21-12-11-15-7-3-1-4-8-15/h1-10,13H,11-12,14H2,(H,19,20)/b18-13-. The Balaban J connectivity index is 1.61. The zero-order chi connectivity index (χ0) is 14.8. The Kier molecular flexibility index (Phi) is 6.55. The normalized spacial score (nSPS) is 10.7. The molecular formula is C17H18N2OS. The molecule has 0 saturated heterocycles. The highest BCUT2D eigenvalue weighted by atomic mass is 32.2. The molecule has 21 heavy (non-hydrogen) atoms.